The molecule has 2 aromatic heterocycles. The zero-order valence-corrected chi connectivity index (χ0v) is 17.5. The van der Waals surface area contributed by atoms with Gasteiger partial charge in [-0.1, -0.05) is 54.1 Å². The molecule has 5 nitrogen and oxygen atoms in total. The van der Waals surface area contributed by atoms with E-state index >= 15 is 0 Å². The fourth-order valence-electron chi connectivity index (χ4n) is 4.35. The van der Waals surface area contributed by atoms with Crippen molar-refractivity contribution < 1.29 is 5.11 Å². The largest absolute Gasteiger partial charge is 0.394 e. The van der Waals surface area contributed by atoms with Gasteiger partial charge in [-0.2, -0.15) is 5.10 Å². The van der Waals surface area contributed by atoms with Gasteiger partial charge in [0, 0.05) is 28.8 Å². The first-order valence-electron chi connectivity index (χ1n) is 10.2. The molecule has 2 aromatic carbocycles. The van der Waals surface area contributed by atoms with Crippen LogP contribution in [0.2, 0.25) is 5.02 Å². The Morgan fingerprint density at radius 3 is 2.57 bits per heavy atom. The van der Waals surface area contributed by atoms with Crippen molar-refractivity contribution >= 4 is 23.1 Å². The predicted molar refractivity (Wildman–Crippen MR) is 121 cm³/mol. The van der Waals surface area contributed by atoms with E-state index in [-0.39, 0.29) is 12.6 Å². The molecule has 1 saturated heterocycles. The molecule has 152 valence electrons. The number of rotatable bonds is 4. The maximum Gasteiger partial charge on any atom is 0.166 e. The van der Waals surface area contributed by atoms with Crippen molar-refractivity contribution in [2.24, 2.45) is 0 Å². The van der Waals surface area contributed by atoms with Gasteiger partial charge >= 0.3 is 0 Å². The number of halogens is 1. The van der Waals surface area contributed by atoms with Crippen molar-refractivity contribution in [3.8, 4) is 22.4 Å². The molecule has 4 aromatic rings. The minimum atomic E-state index is 0.103. The molecule has 0 aliphatic carbocycles. The second kappa shape index (κ2) is 7.74. The second-order valence-corrected chi connectivity index (χ2v) is 8.18. The Morgan fingerprint density at radius 2 is 1.83 bits per heavy atom. The standard InChI is InChI=1S/C24H23ClN4O/c1-16-23(18-9-11-19(25)12-10-18)24-26-22(28-13-5-8-20(28)15-30)14-21(29(24)27-16)17-6-3-2-4-7-17/h2-4,6-7,9-12,14,20,30H,5,8,13,15H2,1H3. The summed E-state index contributed by atoms with van der Waals surface area (Å²) in [6.45, 7) is 3.04. The molecule has 0 amide bonds. The smallest absolute Gasteiger partial charge is 0.166 e. The van der Waals surface area contributed by atoms with Crippen LogP contribution in [0.4, 0.5) is 5.82 Å². The van der Waals surface area contributed by atoms with Crippen LogP contribution in [-0.2, 0) is 0 Å². The van der Waals surface area contributed by atoms with Crippen LogP contribution in [0.25, 0.3) is 28.0 Å². The molecule has 1 aliphatic rings. The van der Waals surface area contributed by atoms with Crippen LogP contribution in [0.5, 0.6) is 0 Å². The highest BCUT2D eigenvalue weighted by Gasteiger charge is 2.27. The topological polar surface area (TPSA) is 53.7 Å². The van der Waals surface area contributed by atoms with Crippen molar-refractivity contribution in [3.05, 3.63) is 71.4 Å². The van der Waals surface area contributed by atoms with E-state index in [0.29, 0.717) is 5.02 Å². The number of aliphatic hydroxyl groups excluding tert-OH is 1. The zero-order chi connectivity index (χ0) is 20.7. The van der Waals surface area contributed by atoms with Gasteiger partial charge in [0.1, 0.15) is 5.82 Å². The normalized spacial score (nSPS) is 16.5. The fraction of sp³-hybridized carbons (Fsp3) is 0.250. The molecule has 30 heavy (non-hydrogen) atoms. The van der Waals surface area contributed by atoms with E-state index in [4.69, 9.17) is 21.7 Å². The Morgan fingerprint density at radius 1 is 1.07 bits per heavy atom. The lowest BCUT2D eigenvalue weighted by Gasteiger charge is -2.25. The number of aliphatic hydroxyl groups is 1. The van der Waals surface area contributed by atoms with E-state index in [1.54, 1.807) is 0 Å². The molecule has 3 heterocycles. The van der Waals surface area contributed by atoms with Gasteiger partial charge in [0.05, 0.1) is 24.0 Å². The Bertz CT molecular complexity index is 1190. The third kappa shape index (κ3) is 3.24. The molecule has 1 N–H and O–H groups in total. The summed E-state index contributed by atoms with van der Waals surface area (Å²) in [5.74, 6) is 0.882. The summed E-state index contributed by atoms with van der Waals surface area (Å²) in [6, 6.07) is 20.3. The number of hydrogen-bond acceptors (Lipinski definition) is 4. The third-order valence-corrected chi connectivity index (χ3v) is 6.09. The maximum absolute atomic E-state index is 9.86. The van der Waals surface area contributed by atoms with Gasteiger partial charge in [0.15, 0.2) is 5.65 Å². The van der Waals surface area contributed by atoms with Gasteiger partial charge in [-0.15, -0.1) is 0 Å². The van der Waals surface area contributed by atoms with Crippen LogP contribution < -0.4 is 4.90 Å². The number of aryl methyl sites for hydroxylation is 1. The Labute approximate surface area is 180 Å². The molecule has 6 heteroatoms. The summed E-state index contributed by atoms with van der Waals surface area (Å²) < 4.78 is 1.93. The average molecular weight is 419 g/mol. The molecular weight excluding hydrogens is 396 g/mol. The molecule has 0 radical (unpaired) electrons. The highest BCUT2D eigenvalue weighted by atomic mass is 35.5. The highest BCUT2D eigenvalue weighted by molar-refractivity contribution is 6.30. The van der Waals surface area contributed by atoms with Crippen LogP contribution in [-0.4, -0.2) is 38.9 Å². The van der Waals surface area contributed by atoms with E-state index in [1.165, 1.54) is 0 Å². The highest BCUT2D eigenvalue weighted by Crippen LogP contribution is 2.34. The van der Waals surface area contributed by atoms with Crippen molar-refractivity contribution in [2.45, 2.75) is 25.8 Å². The van der Waals surface area contributed by atoms with Gasteiger partial charge in [-0.05, 0) is 37.5 Å². The van der Waals surface area contributed by atoms with Crippen LogP contribution in [0.1, 0.15) is 18.5 Å². The van der Waals surface area contributed by atoms with E-state index < -0.39 is 0 Å². The number of fused-ring (bicyclic) bond motifs is 1. The van der Waals surface area contributed by atoms with E-state index in [1.807, 2.05) is 53.9 Å². The first-order chi connectivity index (χ1) is 14.7. The van der Waals surface area contributed by atoms with Crippen LogP contribution in [0.3, 0.4) is 0 Å². The predicted octanol–water partition coefficient (Wildman–Crippen LogP) is 4.99. The van der Waals surface area contributed by atoms with E-state index in [0.717, 1.165) is 58.9 Å². The number of nitrogens with zero attached hydrogens (tertiary/aromatic N) is 4. The van der Waals surface area contributed by atoms with Crippen molar-refractivity contribution in [2.75, 3.05) is 18.1 Å². The Kier molecular flexibility index (Phi) is 4.93. The summed E-state index contributed by atoms with van der Waals surface area (Å²) in [5.41, 5.74) is 5.84. The molecule has 1 atom stereocenters. The molecular formula is C24H23ClN4O. The van der Waals surface area contributed by atoms with Crippen LogP contribution in [0.15, 0.2) is 60.7 Å². The lowest BCUT2D eigenvalue weighted by atomic mass is 10.1. The second-order valence-electron chi connectivity index (χ2n) is 7.74. The molecule has 5 rings (SSSR count). The van der Waals surface area contributed by atoms with Crippen molar-refractivity contribution in [3.63, 3.8) is 0 Å². The number of anilines is 1. The van der Waals surface area contributed by atoms with Crippen LogP contribution >= 0.6 is 11.6 Å². The summed E-state index contributed by atoms with van der Waals surface area (Å²) in [6.07, 6.45) is 2.04. The van der Waals surface area contributed by atoms with Crippen molar-refractivity contribution in [1.82, 2.24) is 14.6 Å². The fourth-order valence-corrected chi connectivity index (χ4v) is 4.48. The summed E-state index contributed by atoms with van der Waals surface area (Å²) >= 11 is 6.11. The molecule has 1 aliphatic heterocycles. The lowest BCUT2D eigenvalue weighted by Crippen LogP contribution is -2.32. The monoisotopic (exact) mass is 418 g/mol. The lowest BCUT2D eigenvalue weighted by molar-refractivity contribution is 0.266. The van der Waals surface area contributed by atoms with E-state index in [9.17, 15) is 5.11 Å². The Hall–Kier alpha value is -2.89. The van der Waals surface area contributed by atoms with E-state index in [2.05, 4.69) is 23.1 Å². The van der Waals surface area contributed by atoms with Gasteiger partial charge in [-0.25, -0.2) is 9.50 Å². The van der Waals surface area contributed by atoms with Crippen LogP contribution in [0, 0.1) is 6.92 Å². The zero-order valence-electron chi connectivity index (χ0n) is 16.8. The maximum atomic E-state index is 9.86. The summed E-state index contributed by atoms with van der Waals surface area (Å²) in [7, 11) is 0. The number of hydrogen-bond donors (Lipinski definition) is 1. The summed E-state index contributed by atoms with van der Waals surface area (Å²) in [4.78, 5) is 7.27. The average Bonchev–Trinajstić information content (AvgIpc) is 3.38. The molecule has 0 saturated carbocycles. The molecule has 0 bridgehead atoms. The minimum absolute atomic E-state index is 0.103. The van der Waals surface area contributed by atoms with Gasteiger partial charge < -0.3 is 10.0 Å². The van der Waals surface area contributed by atoms with Crippen molar-refractivity contribution in [1.29, 1.82) is 0 Å². The SMILES string of the molecule is Cc1nn2c(-c3ccccc3)cc(N3CCCC3CO)nc2c1-c1ccc(Cl)cc1. The van der Waals surface area contributed by atoms with Gasteiger partial charge in [0.2, 0.25) is 0 Å². The Balaban J connectivity index is 1.78. The minimum Gasteiger partial charge on any atom is -0.394 e. The molecule has 0 spiro atoms. The quantitative estimate of drug-likeness (QED) is 0.507. The number of benzene rings is 2. The third-order valence-electron chi connectivity index (χ3n) is 5.84. The summed E-state index contributed by atoms with van der Waals surface area (Å²) in [5, 5.41) is 15.4. The molecule has 1 fully saturated rings. The number of aromatic nitrogens is 3. The first kappa shape index (κ1) is 19.1. The molecule has 1 unspecified atom stereocenters. The first-order valence-corrected chi connectivity index (χ1v) is 10.6. The van der Waals surface area contributed by atoms with Gasteiger partial charge in [-0.3, -0.25) is 0 Å². The van der Waals surface area contributed by atoms with Gasteiger partial charge in [0.25, 0.3) is 0 Å².